The molecule has 0 saturated heterocycles. The van der Waals surface area contributed by atoms with Crippen LogP contribution in [0.4, 0.5) is 10.5 Å². The van der Waals surface area contributed by atoms with Crippen LogP contribution >= 0.6 is 0 Å². The van der Waals surface area contributed by atoms with E-state index in [0.29, 0.717) is 11.4 Å². The zero-order valence-corrected chi connectivity index (χ0v) is 12.2. The van der Waals surface area contributed by atoms with Gasteiger partial charge < -0.3 is 15.2 Å². The second-order valence-electron chi connectivity index (χ2n) is 4.99. The Kier molecular flexibility index (Phi) is 4.67. The summed E-state index contributed by atoms with van der Waals surface area (Å²) in [6.45, 7) is 4.00. The molecule has 1 heterocycles. The number of hydrogen-bond acceptors (Lipinski definition) is 3. The van der Waals surface area contributed by atoms with E-state index < -0.39 is 12.1 Å². The molecule has 0 radical (unpaired) electrons. The van der Waals surface area contributed by atoms with Crippen molar-refractivity contribution < 1.29 is 19.4 Å². The summed E-state index contributed by atoms with van der Waals surface area (Å²) in [5.74, 6) is -0.666. The van der Waals surface area contributed by atoms with Gasteiger partial charge in [-0.1, -0.05) is 26.0 Å². The SMILES string of the molecule is CCC(CC)NC(=O)N1CC(C(=O)O)Oc2ccccc21. The number of amides is 2. The van der Waals surface area contributed by atoms with Gasteiger partial charge in [0.1, 0.15) is 5.75 Å². The molecule has 0 spiro atoms. The van der Waals surface area contributed by atoms with E-state index in [1.54, 1.807) is 24.3 Å². The predicted octanol–water partition coefficient (Wildman–Crippen LogP) is 2.24. The topological polar surface area (TPSA) is 78.9 Å². The van der Waals surface area contributed by atoms with E-state index >= 15 is 0 Å². The van der Waals surface area contributed by atoms with Crippen LogP contribution in [-0.4, -0.2) is 35.8 Å². The highest BCUT2D eigenvalue weighted by Gasteiger charge is 2.33. The van der Waals surface area contributed by atoms with Gasteiger partial charge in [0.15, 0.2) is 0 Å². The Bertz CT molecular complexity index is 528. The fourth-order valence-corrected chi connectivity index (χ4v) is 2.30. The first-order valence-electron chi connectivity index (χ1n) is 7.13. The van der Waals surface area contributed by atoms with E-state index in [1.165, 1.54) is 4.90 Å². The zero-order valence-electron chi connectivity index (χ0n) is 12.2. The van der Waals surface area contributed by atoms with Gasteiger partial charge in [-0.2, -0.15) is 0 Å². The average molecular weight is 292 g/mol. The van der Waals surface area contributed by atoms with Gasteiger partial charge in [0.05, 0.1) is 12.2 Å². The summed E-state index contributed by atoms with van der Waals surface area (Å²) in [6, 6.07) is 6.75. The molecule has 21 heavy (non-hydrogen) atoms. The van der Waals surface area contributed by atoms with Crippen LogP contribution in [0.25, 0.3) is 0 Å². The van der Waals surface area contributed by atoms with Gasteiger partial charge in [-0.25, -0.2) is 9.59 Å². The number of rotatable bonds is 4. The Morgan fingerprint density at radius 1 is 1.38 bits per heavy atom. The normalized spacial score (nSPS) is 17.1. The Balaban J connectivity index is 2.24. The highest BCUT2D eigenvalue weighted by molar-refractivity contribution is 5.95. The molecule has 114 valence electrons. The first kappa shape index (κ1) is 15.2. The van der Waals surface area contributed by atoms with E-state index in [9.17, 15) is 9.59 Å². The molecule has 1 atom stereocenters. The molecule has 1 aliphatic heterocycles. The van der Waals surface area contributed by atoms with Gasteiger partial charge >= 0.3 is 12.0 Å². The van der Waals surface area contributed by atoms with Gasteiger partial charge in [-0.3, -0.25) is 4.90 Å². The van der Waals surface area contributed by atoms with E-state index in [1.807, 2.05) is 13.8 Å². The van der Waals surface area contributed by atoms with Crippen molar-refractivity contribution in [3.05, 3.63) is 24.3 Å². The first-order valence-corrected chi connectivity index (χ1v) is 7.13. The predicted molar refractivity (Wildman–Crippen MR) is 78.7 cm³/mol. The number of hydrogen-bond donors (Lipinski definition) is 2. The van der Waals surface area contributed by atoms with Gasteiger partial charge in [-0.15, -0.1) is 0 Å². The van der Waals surface area contributed by atoms with Crippen molar-refractivity contribution in [3.63, 3.8) is 0 Å². The van der Waals surface area contributed by atoms with Crippen molar-refractivity contribution in [2.75, 3.05) is 11.4 Å². The van der Waals surface area contributed by atoms with Crippen LogP contribution < -0.4 is 15.0 Å². The van der Waals surface area contributed by atoms with E-state index in [0.717, 1.165) is 12.8 Å². The maximum atomic E-state index is 12.4. The molecule has 6 nitrogen and oxygen atoms in total. The average Bonchev–Trinajstić information content (AvgIpc) is 2.51. The van der Waals surface area contributed by atoms with Crippen molar-refractivity contribution in [1.82, 2.24) is 5.32 Å². The van der Waals surface area contributed by atoms with Crippen LogP contribution in [-0.2, 0) is 4.79 Å². The molecule has 2 amide bonds. The largest absolute Gasteiger partial charge is 0.478 e. The molecule has 1 aromatic carbocycles. The molecule has 0 bridgehead atoms. The lowest BCUT2D eigenvalue weighted by molar-refractivity contribution is -0.144. The Labute approximate surface area is 123 Å². The molecule has 0 fully saturated rings. The molecule has 1 unspecified atom stereocenters. The van der Waals surface area contributed by atoms with Crippen molar-refractivity contribution in [3.8, 4) is 5.75 Å². The van der Waals surface area contributed by atoms with E-state index in [4.69, 9.17) is 9.84 Å². The molecule has 0 saturated carbocycles. The third kappa shape index (κ3) is 3.26. The molecule has 1 aliphatic rings. The Hall–Kier alpha value is -2.24. The van der Waals surface area contributed by atoms with Gasteiger partial charge in [-0.05, 0) is 25.0 Å². The maximum Gasteiger partial charge on any atom is 0.346 e. The monoisotopic (exact) mass is 292 g/mol. The highest BCUT2D eigenvalue weighted by atomic mass is 16.5. The number of ether oxygens (including phenoxy) is 1. The Morgan fingerprint density at radius 3 is 2.67 bits per heavy atom. The molecule has 1 aromatic rings. The molecule has 6 heteroatoms. The summed E-state index contributed by atoms with van der Waals surface area (Å²) in [5, 5.41) is 12.1. The molecule has 0 aliphatic carbocycles. The van der Waals surface area contributed by atoms with Gasteiger partial charge in [0.2, 0.25) is 6.10 Å². The molecule has 0 aromatic heterocycles. The molecular formula is C15H20N2O4. The quantitative estimate of drug-likeness (QED) is 0.892. The summed E-state index contributed by atoms with van der Waals surface area (Å²) < 4.78 is 5.41. The van der Waals surface area contributed by atoms with Crippen LogP contribution in [0.15, 0.2) is 24.3 Å². The third-order valence-electron chi connectivity index (χ3n) is 3.61. The number of fused-ring (bicyclic) bond motifs is 1. The number of urea groups is 1. The molecule has 2 N–H and O–H groups in total. The van der Waals surface area contributed by atoms with Crippen molar-refractivity contribution in [1.29, 1.82) is 0 Å². The first-order chi connectivity index (χ1) is 10.1. The minimum absolute atomic E-state index is 0.00166. The second-order valence-corrected chi connectivity index (χ2v) is 4.99. The van der Waals surface area contributed by atoms with Crippen molar-refractivity contribution in [2.45, 2.75) is 38.8 Å². The van der Waals surface area contributed by atoms with E-state index in [-0.39, 0.29) is 18.6 Å². The number of aliphatic carboxylic acids is 1. The van der Waals surface area contributed by atoms with Crippen molar-refractivity contribution >= 4 is 17.7 Å². The van der Waals surface area contributed by atoms with Crippen LogP contribution in [0.3, 0.4) is 0 Å². The number of nitrogens with zero attached hydrogens (tertiary/aromatic N) is 1. The number of anilines is 1. The van der Waals surface area contributed by atoms with Crippen molar-refractivity contribution in [2.24, 2.45) is 0 Å². The highest BCUT2D eigenvalue weighted by Crippen LogP contribution is 2.33. The lowest BCUT2D eigenvalue weighted by atomic mass is 10.1. The van der Waals surface area contributed by atoms with Crippen LogP contribution in [0.1, 0.15) is 26.7 Å². The minimum atomic E-state index is -1.08. The zero-order chi connectivity index (χ0) is 15.4. The van der Waals surface area contributed by atoms with Crippen LogP contribution in [0.5, 0.6) is 5.75 Å². The number of carboxylic acids is 1. The van der Waals surface area contributed by atoms with Crippen LogP contribution in [0.2, 0.25) is 0 Å². The summed E-state index contributed by atoms with van der Waals surface area (Å²) in [7, 11) is 0. The maximum absolute atomic E-state index is 12.4. The number of carboxylic acid groups (broad SMARTS) is 1. The lowest BCUT2D eigenvalue weighted by Gasteiger charge is -2.33. The summed E-state index contributed by atoms with van der Waals surface area (Å²) in [5.41, 5.74) is 0.596. The fourth-order valence-electron chi connectivity index (χ4n) is 2.30. The number of carbonyl (C=O) groups excluding carboxylic acids is 1. The van der Waals surface area contributed by atoms with Crippen LogP contribution in [0, 0.1) is 0 Å². The molecule has 2 rings (SSSR count). The van der Waals surface area contributed by atoms with Gasteiger partial charge in [0, 0.05) is 6.04 Å². The van der Waals surface area contributed by atoms with Gasteiger partial charge in [0.25, 0.3) is 0 Å². The minimum Gasteiger partial charge on any atom is -0.478 e. The third-order valence-corrected chi connectivity index (χ3v) is 3.61. The standard InChI is InChI=1S/C15H20N2O4/c1-3-10(4-2)16-15(20)17-9-13(14(18)19)21-12-8-6-5-7-11(12)17/h5-8,10,13H,3-4,9H2,1-2H3,(H,16,20)(H,18,19). The van der Waals surface area contributed by atoms with E-state index in [2.05, 4.69) is 5.32 Å². The lowest BCUT2D eigenvalue weighted by Crippen LogP contribution is -2.52. The summed E-state index contributed by atoms with van der Waals surface area (Å²) in [4.78, 5) is 25.0. The number of benzene rings is 1. The Morgan fingerprint density at radius 2 is 2.05 bits per heavy atom. The number of nitrogens with one attached hydrogen (secondary N) is 1. The number of carbonyl (C=O) groups is 2. The summed E-state index contributed by atoms with van der Waals surface area (Å²) >= 11 is 0. The smallest absolute Gasteiger partial charge is 0.346 e. The molecular weight excluding hydrogens is 272 g/mol. The fraction of sp³-hybridized carbons (Fsp3) is 0.467. The second kappa shape index (κ2) is 6.47. The number of para-hydroxylation sites is 2. The summed E-state index contributed by atoms with van der Waals surface area (Å²) in [6.07, 6.45) is 0.611.